The number of carbonyl (C=O) groups is 1. The second-order valence-corrected chi connectivity index (χ2v) is 5.71. The zero-order valence-electron chi connectivity index (χ0n) is 14.7. The van der Waals surface area contributed by atoms with Gasteiger partial charge in [-0.15, -0.1) is 0 Å². The molecule has 0 radical (unpaired) electrons. The molecule has 0 saturated carbocycles. The third-order valence-electron chi connectivity index (χ3n) is 3.89. The highest BCUT2D eigenvalue weighted by atomic mass is 16.1. The van der Waals surface area contributed by atoms with Crippen molar-refractivity contribution in [2.24, 2.45) is 0 Å². The molecule has 0 bridgehead atoms. The zero-order chi connectivity index (χ0) is 17.4. The Morgan fingerprint density at radius 3 is 2.50 bits per heavy atom. The third kappa shape index (κ3) is 5.05. The molecule has 1 aromatic heterocycles. The minimum atomic E-state index is -0.137. The van der Waals surface area contributed by atoms with Gasteiger partial charge in [-0.05, 0) is 45.2 Å². The molecule has 1 N–H and O–H groups in total. The van der Waals surface area contributed by atoms with Crippen molar-refractivity contribution in [1.82, 2.24) is 15.3 Å². The summed E-state index contributed by atoms with van der Waals surface area (Å²) in [5, 5.41) is 2.95. The Bertz CT molecular complexity index is 654. The van der Waals surface area contributed by atoms with E-state index in [2.05, 4.69) is 41.3 Å². The van der Waals surface area contributed by atoms with E-state index in [-0.39, 0.29) is 5.91 Å². The zero-order valence-corrected chi connectivity index (χ0v) is 14.7. The number of nitrogens with zero attached hydrogens (tertiary/aromatic N) is 3. The van der Waals surface area contributed by atoms with E-state index in [1.165, 1.54) is 5.56 Å². The Labute approximate surface area is 144 Å². The Morgan fingerprint density at radius 2 is 1.83 bits per heavy atom. The minimum Gasteiger partial charge on any atom is -0.351 e. The molecule has 24 heavy (non-hydrogen) atoms. The van der Waals surface area contributed by atoms with Crippen LogP contribution in [0.1, 0.15) is 42.0 Å². The lowest BCUT2D eigenvalue weighted by molar-refractivity contribution is 0.0948. The summed E-state index contributed by atoms with van der Waals surface area (Å²) in [6.45, 7) is 8.27. The number of nitrogens with one attached hydrogen (secondary N) is 1. The third-order valence-corrected chi connectivity index (χ3v) is 3.89. The molecule has 0 spiro atoms. The van der Waals surface area contributed by atoms with Gasteiger partial charge in [-0.2, -0.15) is 0 Å². The summed E-state index contributed by atoms with van der Waals surface area (Å²) >= 11 is 0. The summed E-state index contributed by atoms with van der Waals surface area (Å²) in [7, 11) is 0. The summed E-state index contributed by atoms with van der Waals surface area (Å²) in [5.74, 6) is 0.483. The SMILES string of the molecule is CCN(CC)c1nc(C)cc(C(=O)NCCCc2ccccc2)n1. The van der Waals surface area contributed by atoms with E-state index in [1.807, 2.05) is 30.0 Å². The molecule has 2 rings (SSSR count). The number of aromatic nitrogens is 2. The van der Waals surface area contributed by atoms with E-state index in [0.29, 0.717) is 18.2 Å². The number of rotatable bonds is 8. The lowest BCUT2D eigenvalue weighted by Crippen LogP contribution is -2.29. The molecule has 0 saturated heterocycles. The van der Waals surface area contributed by atoms with Gasteiger partial charge in [0.1, 0.15) is 5.69 Å². The average Bonchev–Trinajstić information content (AvgIpc) is 2.60. The molecule has 0 atom stereocenters. The van der Waals surface area contributed by atoms with Gasteiger partial charge < -0.3 is 10.2 Å². The van der Waals surface area contributed by atoms with Crippen molar-refractivity contribution < 1.29 is 4.79 Å². The first-order chi connectivity index (χ1) is 11.6. The molecule has 1 amide bonds. The van der Waals surface area contributed by atoms with Gasteiger partial charge >= 0.3 is 0 Å². The van der Waals surface area contributed by atoms with E-state index in [4.69, 9.17) is 0 Å². The van der Waals surface area contributed by atoms with Crippen molar-refractivity contribution in [2.45, 2.75) is 33.6 Å². The summed E-state index contributed by atoms with van der Waals surface area (Å²) in [6.07, 6.45) is 1.86. The number of benzene rings is 1. The van der Waals surface area contributed by atoms with Gasteiger partial charge in [0.25, 0.3) is 5.91 Å². The van der Waals surface area contributed by atoms with Crippen LogP contribution in [-0.2, 0) is 6.42 Å². The van der Waals surface area contributed by atoms with Crippen LogP contribution in [0.4, 0.5) is 5.95 Å². The molecule has 5 heteroatoms. The summed E-state index contributed by atoms with van der Waals surface area (Å²) in [5.41, 5.74) is 2.53. The molecular formula is C19H26N4O. The average molecular weight is 326 g/mol. The molecule has 2 aromatic rings. The number of aryl methyl sites for hydroxylation is 2. The number of anilines is 1. The van der Waals surface area contributed by atoms with E-state index in [0.717, 1.165) is 31.6 Å². The highest BCUT2D eigenvalue weighted by molar-refractivity contribution is 5.92. The van der Waals surface area contributed by atoms with Crippen molar-refractivity contribution in [3.63, 3.8) is 0 Å². The number of hydrogen-bond acceptors (Lipinski definition) is 4. The predicted octanol–water partition coefficient (Wildman–Crippen LogP) is 2.99. The maximum absolute atomic E-state index is 12.3. The van der Waals surface area contributed by atoms with Crippen LogP contribution in [0.15, 0.2) is 36.4 Å². The highest BCUT2D eigenvalue weighted by Crippen LogP contribution is 2.10. The first kappa shape index (κ1) is 17.9. The van der Waals surface area contributed by atoms with Crippen molar-refractivity contribution in [3.8, 4) is 0 Å². The largest absolute Gasteiger partial charge is 0.351 e. The van der Waals surface area contributed by atoms with Crippen LogP contribution < -0.4 is 10.2 Å². The van der Waals surface area contributed by atoms with Crippen LogP contribution in [-0.4, -0.2) is 35.5 Å². The molecule has 0 unspecified atom stereocenters. The second kappa shape index (κ2) is 9.01. The van der Waals surface area contributed by atoms with E-state index in [1.54, 1.807) is 6.07 Å². The number of carbonyl (C=O) groups excluding carboxylic acids is 1. The van der Waals surface area contributed by atoms with E-state index in [9.17, 15) is 4.79 Å². The fraction of sp³-hybridized carbons (Fsp3) is 0.421. The van der Waals surface area contributed by atoms with Gasteiger partial charge in [0.15, 0.2) is 0 Å². The molecule has 0 aliphatic carbocycles. The van der Waals surface area contributed by atoms with Crippen molar-refractivity contribution in [1.29, 1.82) is 0 Å². The fourth-order valence-electron chi connectivity index (χ4n) is 2.55. The van der Waals surface area contributed by atoms with Crippen molar-refractivity contribution >= 4 is 11.9 Å². The summed E-state index contributed by atoms with van der Waals surface area (Å²) in [6, 6.07) is 12.0. The Balaban J connectivity index is 1.92. The highest BCUT2D eigenvalue weighted by Gasteiger charge is 2.13. The molecule has 128 valence electrons. The topological polar surface area (TPSA) is 58.1 Å². The maximum Gasteiger partial charge on any atom is 0.270 e. The molecule has 0 aliphatic heterocycles. The summed E-state index contributed by atoms with van der Waals surface area (Å²) < 4.78 is 0. The second-order valence-electron chi connectivity index (χ2n) is 5.71. The van der Waals surface area contributed by atoms with Gasteiger partial charge in [0, 0.05) is 25.3 Å². The smallest absolute Gasteiger partial charge is 0.270 e. The normalized spacial score (nSPS) is 10.5. The lowest BCUT2D eigenvalue weighted by Gasteiger charge is -2.19. The predicted molar refractivity (Wildman–Crippen MR) is 97.4 cm³/mol. The van der Waals surface area contributed by atoms with Crippen LogP contribution in [0, 0.1) is 6.92 Å². The molecule has 0 fully saturated rings. The van der Waals surface area contributed by atoms with Gasteiger partial charge in [-0.1, -0.05) is 30.3 Å². The fourth-order valence-corrected chi connectivity index (χ4v) is 2.55. The first-order valence-corrected chi connectivity index (χ1v) is 8.56. The van der Waals surface area contributed by atoms with Gasteiger partial charge in [-0.25, -0.2) is 9.97 Å². The van der Waals surface area contributed by atoms with Crippen LogP contribution >= 0.6 is 0 Å². The monoisotopic (exact) mass is 326 g/mol. The van der Waals surface area contributed by atoms with E-state index < -0.39 is 0 Å². The molecule has 0 aliphatic rings. The molecule has 1 heterocycles. The molecule has 5 nitrogen and oxygen atoms in total. The van der Waals surface area contributed by atoms with Crippen molar-refractivity contribution in [2.75, 3.05) is 24.5 Å². The van der Waals surface area contributed by atoms with Crippen LogP contribution in [0.5, 0.6) is 0 Å². The Kier molecular flexibility index (Phi) is 6.73. The molecule has 1 aromatic carbocycles. The van der Waals surface area contributed by atoms with E-state index >= 15 is 0 Å². The van der Waals surface area contributed by atoms with Gasteiger partial charge in [0.2, 0.25) is 5.95 Å². The van der Waals surface area contributed by atoms with Crippen LogP contribution in [0.3, 0.4) is 0 Å². The van der Waals surface area contributed by atoms with Crippen LogP contribution in [0.2, 0.25) is 0 Å². The van der Waals surface area contributed by atoms with Gasteiger partial charge in [-0.3, -0.25) is 4.79 Å². The van der Waals surface area contributed by atoms with Gasteiger partial charge in [0.05, 0.1) is 0 Å². The molecular weight excluding hydrogens is 300 g/mol. The summed E-state index contributed by atoms with van der Waals surface area (Å²) in [4.78, 5) is 23.2. The number of hydrogen-bond donors (Lipinski definition) is 1. The Morgan fingerprint density at radius 1 is 1.12 bits per heavy atom. The minimum absolute atomic E-state index is 0.137. The first-order valence-electron chi connectivity index (χ1n) is 8.56. The Hall–Kier alpha value is -2.43. The quantitative estimate of drug-likeness (QED) is 0.758. The number of amides is 1. The maximum atomic E-state index is 12.3. The standard InChI is InChI=1S/C19H26N4O/c1-4-23(5-2)19-21-15(3)14-17(22-19)18(24)20-13-9-12-16-10-7-6-8-11-16/h6-8,10-11,14H,4-5,9,12-13H2,1-3H3,(H,20,24). The lowest BCUT2D eigenvalue weighted by atomic mass is 10.1. The van der Waals surface area contributed by atoms with Crippen LogP contribution in [0.25, 0.3) is 0 Å². The van der Waals surface area contributed by atoms with Crippen molar-refractivity contribution in [3.05, 3.63) is 53.3 Å².